The first-order valence-electron chi connectivity index (χ1n) is 8.74. The fourth-order valence-corrected chi connectivity index (χ4v) is 3.07. The highest BCUT2D eigenvalue weighted by atomic mass is 19.1. The van der Waals surface area contributed by atoms with Gasteiger partial charge in [0.05, 0.1) is 7.11 Å². The van der Waals surface area contributed by atoms with Crippen molar-refractivity contribution in [2.24, 2.45) is 0 Å². The van der Waals surface area contributed by atoms with Gasteiger partial charge in [0, 0.05) is 29.9 Å². The molecule has 1 heterocycles. The van der Waals surface area contributed by atoms with E-state index < -0.39 is 12.0 Å². The van der Waals surface area contributed by atoms with Crippen molar-refractivity contribution in [1.82, 2.24) is 10.3 Å². The van der Waals surface area contributed by atoms with Gasteiger partial charge in [-0.3, -0.25) is 4.79 Å². The Balaban J connectivity index is 1.67. The standard InChI is InChI=1S/C21H21FN2O3/c1-27-21(26)19(12-15-13-23-18-9-5-3-7-16(15)18)24-20(25)11-10-14-6-2-4-8-17(14)22/h2-9,13,19,23H,10-12H2,1H3,(H,24,25)/t19-/m1/s1. The SMILES string of the molecule is COC(=O)[C@@H](Cc1c[nH]c2ccccc12)NC(=O)CCc1ccccc1F. The molecule has 0 saturated heterocycles. The molecule has 1 atom stereocenters. The maximum atomic E-state index is 13.7. The first-order valence-corrected chi connectivity index (χ1v) is 8.74. The number of halogens is 1. The molecule has 0 radical (unpaired) electrons. The van der Waals surface area contributed by atoms with Crippen molar-refractivity contribution < 1.29 is 18.7 Å². The van der Waals surface area contributed by atoms with E-state index in [9.17, 15) is 14.0 Å². The number of hydrogen-bond acceptors (Lipinski definition) is 3. The molecular weight excluding hydrogens is 347 g/mol. The van der Waals surface area contributed by atoms with E-state index in [4.69, 9.17) is 4.74 Å². The Kier molecular flexibility index (Phi) is 5.86. The number of aromatic nitrogens is 1. The van der Waals surface area contributed by atoms with E-state index >= 15 is 0 Å². The van der Waals surface area contributed by atoms with Gasteiger partial charge >= 0.3 is 5.97 Å². The number of amides is 1. The summed E-state index contributed by atoms with van der Waals surface area (Å²) in [5, 5.41) is 3.70. The predicted octanol–water partition coefficient (Wildman–Crippen LogP) is 3.14. The molecule has 1 amide bonds. The third-order valence-corrected chi connectivity index (χ3v) is 4.50. The Hall–Kier alpha value is -3.15. The van der Waals surface area contributed by atoms with Gasteiger partial charge in [-0.25, -0.2) is 9.18 Å². The van der Waals surface area contributed by atoms with Gasteiger partial charge in [-0.15, -0.1) is 0 Å². The second-order valence-corrected chi connectivity index (χ2v) is 6.30. The summed E-state index contributed by atoms with van der Waals surface area (Å²) in [7, 11) is 1.29. The average Bonchev–Trinajstić information content (AvgIpc) is 3.09. The zero-order valence-corrected chi connectivity index (χ0v) is 15.0. The van der Waals surface area contributed by atoms with Crippen LogP contribution in [0.2, 0.25) is 0 Å². The van der Waals surface area contributed by atoms with Crippen molar-refractivity contribution in [3.63, 3.8) is 0 Å². The van der Waals surface area contributed by atoms with Crippen LogP contribution in [0.25, 0.3) is 10.9 Å². The molecule has 0 bridgehead atoms. The summed E-state index contributed by atoms with van der Waals surface area (Å²) in [6, 6.07) is 13.3. The number of aryl methyl sites for hydroxylation is 1. The number of aromatic amines is 1. The van der Waals surface area contributed by atoms with Crippen LogP contribution in [0.3, 0.4) is 0 Å². The third kappa shape index (κ3) is 4.53. The molecule has 0 aliphatic rings. The van der Waals surface area contributed by atoms with Gasteiger partial charge in [0.15, 0.2) is 0 Å². The van der Waals surface area contributed by atoms with Crippen molar-refractivity contribution in [2.75, 3.05) is 7.11 Å². The molecule has 6 heteroatoms. The minimum Gasteiger partial charge on any atom is -0.467 e. The fourth-order valence-electron chi connectivity index (χ4n) is 3.07. The lowest BCUT2D eigenvalue weighted by molar-refractivity contribution is -0.145. The van der Waals surface area contributed by atoms with E-state index in [1.807, 2.05) is 30.5 Å². The minimum atomic E-state index is -0.803. The van der Waals surface area contributed by atoms with Crippen molar-refractivity contribution >= 4 is 22.8 Å². The summed E-state index contributed by atoms with van der Waals surface area (Å²) in [6.07, 6.45) is 2.48. The Morgan fingerprint density at radius 1 is 1.11 bits per heavy atom. The Morgan fingerprint density at radius 3 is 2.63 bits per heavy atom. The summed E-state index contributed by atoms with van der Waals surface area (Å²) in [5.74, 6) is -1.18. The topological polar surface area (TPSA) is 71.2 Å². The molecular formula is C21H21FN2O3. The quantitative estimate of drug-likeness (QED) is 0.630. The van der Waals surface area contributed by atoms with Crippen LogP contribution < -0.4 is 5.32 Å². The number of hydrogen-bond donors (Lipinski definition) is 2. The first kappa shape index (κ1) is 18.6. The largest absolute Gasteiger partial charge is 0.467 e. The number of esters is 1. The van der Waals surface area contributed by atoms with Gasteiger partial charge in [0.25, 0.3) is 0 Å². The molecule has 0 aliphatic heterocycles. The van der Waals surface area contributed by atoms with E-state index in [0.29, 0.717) is 12.0 Å². The summed E-state index contributed by atoms with van der Waals surface area (Å²) < 4.78 is 18.5. The normalized spacial score (nSPS) is 11.9. The lowest BCUT2D eigenvalue weighted by Crippen LogP contribution is -2.43. The molecule has 1 aromatic heterocycles. The van der Waals surface area contributed by atoms with Crippen molar-refractivity contribution in [3.8, 4) is 0 Å². The van der Waals surface area contributed by atoms with Gasteiger partial charge in [-0.1, -0.05) is 36.4 Å². The van der Waals surface area contributed by atoms with Crippen LogP contribution in [0.1, 0.15) is 17.5 Å². The highest BCUT2D eigenvalue weighted by molar-refractivity contribution is 5.87. The van der Waals surface area contributed by atoms with E-state index in [1.54, 1.807) is 18.2 Å². The van der Waals surface area contributed by atoms with Crippen molar-refractivity contribution in [1.29, 1.82) is 0 Å². The molecule has 0 spiro atoms. The molecule has 3 rings (SSSR count). The minimum absolute atomic E-state index is 0.0856. The summed E-state index contributed by atoms with van der Waals surface area (Å²) in [6.45, 7) is 0. The lowest BCUT2D eigenvalue weighted by atomic mass is 10.0. The molecule has 2 N–H and O–H groups in total. The summed E-state index contributed by atoms with van der Waals surface area (Å²) in [5.41, 5.74) is 2.34. The van der Waals surface area contributed by atoms with E-state index in [-0.39, 0.29) is 24.6 Å². The molecule has 0 fully saturated rings. The number of fused-ring (bicyclic) bond motifs is 1. The molecule has 27 heavy (non-hydrogen) atoms. The fraction of sp³-hybridized carbons (Fsp3) is 0.238. The highest BCUT2D eigenvalue weighted by Gasteiger charge is 2.23. The Bertz CT molecular complexity index is 951. The summed E-state index contributed by atoms with van der Waals surface area (Å²) >= 11 is 0. The number of H-pyrrole nitrogens is 1. The molecule has 140 valence electrons. The van der Waals surface area contributed by atoms with Crippen LogP contribution in [0.5, 0.6) is 0 Å². The van der Waals surface area contributed by atoms with Crippen LogP contribution in [0.15, 0.2) is 54.7 Å². The van der Waals surface area contributed by atoms with E-state index in [0.717, 1.165) is 16.5 Å². The first-order chi connectivity index (χ1) is 13.1. The molecule has 0 aliphatic carbocycles. The molecule has 0 saturated carbocycles. The zero-order chi connectivity index (χ0) is 19.2. The van der Waals surface area contributed by atoms with Crippen LogP contribution in [-0.4, -0.2) is 30.0 Å². The number of nitrogens with one attached hydrogen (secondary N) is 2. The monoisotopic (exact) mass is 368 g/mol. The van der Waals surface area contributed by atoms with Crippen LogP contribution in [0.4, 0.5) is 4.39 Å². The maximum absolute atomic E-state index is 13.7. The second kappa shape index (κ2) is 8.49. The molecule has 3 aromatic rings. The predicted molar refractivity (Wildman–Crippen MR) is 101 cm³/mol. The number of ether oxygens (including phenoxy) is 1. The van der Waals surface area contributed by atoms with Gasteiger partial charge in [0.2, 0.25) is 5.91 Å². The highest BCUT2D eigenvalue weighted by Crippen LogP contribution is 2.19. The zero-order valence-electron chi connectivity index (χ0n) is 15.0. The van der Waals surface area contributed by atoms with Crippen molar-refractivity contribution in [2.45, 2.75) is 25.3 Å². The molecule has 2 aromatic carbocycles. The summed E-state index contributed by atoms with van der Waals surface area (Å²) in [4.78, 5) is 27.6. The average molecular weight is 368 g/mol. The lowest BCUT2D eigenvalue weighted by Gasteiger charge is -2.16. The second-order valence-electron chi connectivity index (χ2n) is 6.30. The number of rotatable bonds is 7. The maximum Gasteiger partial charge on any atom is 0.328 e. The van der Waals surface area contributed by atoms with Crippen LogP contribution >= 0.6 is 0 Å². The van der Waals surface area contributed by atoms with Crippen molar-refractivity contribution in [3.05, 3.63) is 71.7 Å². The molecule has 5 nitrogen and oxygen atoms in total. The number of carbonyl (C=O) groups excluding carboxylic acids is 2. The Morgan fingerprint density at radius 2 is 1.85 bits per heavy atom. The van der Waals surface area contributed by atoms with Crippen LogP contribution in [0, 0.1) is 5.82 Å². The van der Waals surface area contributed by atoms with Crippen LogP contribution in [-0.2, 0) is 27.2 Å². The van der Waals surface area contributed by atoms with Gasteiger partial charge in [-0.05, 0) is 29.7 Å². The number of benzene rings is 2. The van der Waals surface area contributed by atoms with Gasteiger partial charge in [-0.2, -0.15) is 0 Å². The molecule has 0 unspecified atom stereocenters. The number of methoxy groups -OCH3 is 1. The van der Waals surface area contributed by atoms with E-state index in [1.165, 1.54) is 13.2 Å². The van der Waals surface area contributed by atoms with E-state index in [2.05, 4.69) is 10.3 Å². The van der Waals surface area contributed by atoms with Gasteiger partial charge in [0.1, 0.15) is 11.9 Å². The third-order valence-electron chi connectivity index (χ3n) is 4.50. The Labute approximate surface area is 156 Å². The number of carbonyl (C=O) groups is 2. The smallest absolute Gasteiger partial charge is 0.328 e. The van der Waals surface area contributed by atoms with Gasteiger partial charge < -0.3 is 15.0 Å². The number of para-hydroxylation sites is 1.